The van der Waals surface area contributed by atoms with E-state index in [9.17, 15) is 33.9 Å². The minimum atomic E-state index is -0.956. The van der Waals surface area contributed by atoms with Crippen molar-refractivity contribution in [1.29, 1.82) is 0 Å². The fourth-order valence-corrected chi connectivity index (χ4v) is 10.5. The molecule has 0 spiro atoms. The summed E-state index contributed by atoms with van der Waals surface area (Å²) >= 11 is 1.56. The number of benzene rings is 3. The molecule has 0 aliphatic carbocycles. The maximum atomic E-state index is 15.1. The summed E-state index contributed by atoms with van der Waals surface area (Å²) in [5, 5.41) is 19.6. The maximum absolute atomic E-state index is 15.1. The van der Waals surface area contributed by atoms with Gasteiger partial charge in [-0.1, -0.05) is 75.7 Å². The van der Waals surface area contributed by atoms with E-state index in [1.807, 2.05) is 77.1 Å². The molecule has 3 aliphatic heterocycles. The second-order valence-electron chi connectivity index (χ2n) is 20.2. The van der Waals surface area contributed by atoms with Crippen LogP contribution in [0.1, 0.15) is 113 Å². The van der Waals surface area contributed by atoms with Crippen LogP contribution in [0.2, 0.25) is 0 Å². The normalized spacial score (nSPS) is 19.6. The molecule has 1 fully saturated rings. The van der Waals surface area contributed by atoms with Gasteiger partial charge in [0, 0.05) is 32.2 Å². The van der Waals surface area contributed by atoms with Gasteiger partial charge >= 0.3 is 0 Å². The molecule has 7 atom stereocenters. The number of anilines is 1. The number of unbranched alkanes of at least 4 members (excludes halogenated alkanes) is 2. The number of carbonyl (C=O) groups excluding carboxylic acids is 6. The number of aliphatic hydroxyl groups excluding tert-OH is 1. The highest BCUT2D eigenvalue weighted by Gasteiger charge is 2.45. The zero-order valence-corrected chi connectivity index (χ0v) is 43.2. The number of likely N-dealkylation sites (tertiary alicyclic amines) is 1. The minimum Gasteiger partial charge on any atom is -0.488 e. The van der Waals surface area contributed by atoms with Gasteiger partial charge in [0.1, 0.15) is 24.7 Å². The predicted octanol–water partition coefficient (Wildman–Crippen LogP) is 5.51. The second-order valence-corrected chi connectivity index (χ2v) is 21.1. The van der Waals surface area contributed by atoms with Crippen LogP contribution < -0.4 is 37.1 Å². The molecular weight excluding hydrogens is 963 g/mol. The third-order valence-corrected chi connectivity index (χ3v) is 14.7. The van der Waals surface area contributed by atoms with Crippen LogP contribution in [0.4, 0.5) is 10.1 Å². The number of carbonyl (C=O) groups is 6. The van der Waals surface area contributed by atoms with Gasteiger partial charge in [-0.15, -0.1) is 23.7 Å². The average Bonchev–Trinajstić information content (AvgIpc) is 4.05. The van der Waals surface area contributed by atoms with Crippen molar-refractivity contribution in [2.75, 3.05) is 18.1 Å². The van der Waals surface area contributed by atoms with E-state index in [0.717, 1.165) is 44.1 Å². The van der Waals surface area contributed by atoms with Gasteiger partial charge in [-0.05, 0) is 97.7 Å². The highest BCUT2D eigenvalue weighted by molar-refractivity contribution is 7.13. The van der Waals surface area contributed by atoms with Crippen molar-refractivity contribution in [1.82, 2.24) is 25.8 Å². The molecule has 3 aliphatic rings. The van der Waals surface area contributed by atoms with Gasteiger partial charge < -0.3 is 42.2 Å². The number of aromatic nitrogens is 1. The first-order valence-corrected chi connectivity index (χ1v) is 25.4. The highest BCUT2D eigenvalue weighted by atomic mass is 35.5. The van der Waals surface area contributed by atoms with Gasteiger partial charge in [0.15, 0.2) is 11.6 Å². The van der Waals surface area contributed by atoms with Crippen molar-refractivity contribution in [2.24, 2.45) is 16.9 Å². The van der Waals surface area contributed by atoms with E-state index < -0.39 is 65.3 Å². The van der Waals surface area contributed by atoms with Crippen LogP contribution in [0, 0.1) is 18.2 Å². The molecular formula is C53H68ClFN8O8S. The number of nitrogens with two attached hydrogens (primary N) is 2. The van der Waals surface area contributed by atoms with Crippen LogP contribution >= 0.6 is 23.7 Å². The van der Waals surface area contributed by atoms with Crippen molar-refractivity contribution in [3.63, 3.8) is 0 Å². The topological polar surface area (TPSA) is 239 Å². The number of thiazole rings is 1. The number of primary amides is 1. The van der Waals surface area contributed by atoms with Crippen LogP contribution in [0.3, 0.4) is 0 Å². The molecule has 1 saturated heterocycles. The molecule has 0 unspecified atom stereocenters. The third-order valence-electron chi connectivity index (χ3n) is 13.7. The number of hydrogen-bond acceptors (Lipinski definition) is 11. The first kappa shape index (κ1) is 55.4. The molecule has 1 aromatic heterocycles. The van der Waals surface area contributed by atoms with E-state index >= 15 is 4.39 Å². The summed E-state index contributed by atoms with van der Waals surface area (Å²) in [6.45, 7) is 9.15. The molecule has 0 saturated carbocycles. The van der Waals surface area contributed by atoms with E-state index in [-0.39, 0.29) is 80.8 Å². The second kappa shape index (κ2) is 24.2. The standard InChI is InChI=1S/C53H67FN8O8S.ClH/c1-30(33-15-17-35(18-16-33)47-31(2)57-29-71-47)58-49(66)41-26-38(63)27-61(41)52(69)48(53(3,4)5)60-45(65)13-8-6-7-10-32-14-21-39(54)43(24-32)70-28-37(20-23-44(56)64)59-50(67)42-25-36-12-9-11-34-19-22-40(55)51(68)62(42)46(34)36;/h9,11-12,14-18,21,24,29-30,37-38,40-42,48,63H,6-8,10,13,19-20,22-23,25-28,55H2,1-5H3,(H2,56,64)(H,58,66)(H,59,67)(H,60,65);1H/t30-,37-,38+,40-,41-,42-,48+;/m0./s1. The van der Waals surface area contributed by atoms with E-state index in [1.165, 1.54) is 15.9 Å². The number of nitrogens with zero attached hydrogens (tertiary/aromatic N) is 3. The van der Waals surface area contributed by atoms with Gasteiger partial charge in [-0.3, -0.25) is 33.7 Å². The SMILES string of the molecule is Cc1ncsc1-c1ccc([C@H](C)NC(=O)[C@@H]2C[C@@H](O)CN2C(=O)[C@@H](NC(=O)CCCCCc2ccc(F)c(OC[C@H](CCC(N)=O)NC(=O)[C@@H]3Cc4cccc5c4N3C(=O)[C@@H](N)CC5)c2)C(C)(C)C)cc1.Cl. The Kier molecular flexibility index (Phi) is 18.6. The largest absolute Gasteiger partial charge is 0.488 e. The number of aliphatic hydroxyl groups is 1. The van der Waals surface area contributed by atoms with Crippen LogP contribution in [-0.4, -0.2) is 99.9 Å². The first-order chi connectivity index (χ1) is 33.8. The van der Waals surface area contributed by atoms with Gasteiger partial charge in [-0.25, -0.2) is 9.37 Å². The highest BCUT2D eigenvalue weighted by Crippen LogP contribution is 2.39. The van der Waals surface area contributed by atoms with Crippen molar-refractivity contribution in [3.05, 3.63) is 99.9 Å². The van der Waals surface area contributed by atoms with Gasteiger partial charge in [0.05, 0.1) is 46.0 Å². The fraction of sp³-hybridized carbons (Fsp3) is 0.491. The quantitative estimate of drug-likeness (QED) is 0.0607. The Labute approximate surface area is 430 Å². The molecule has 0 radical (unpaired) electrons. The number of β-amino-alcohol motifs (C(OH)–C–C–N with tert-alkyl or cyclic N) is 1. The number of hydrogen-bond donors (Lipinski definition) is 6. The summed E-state index contributed by atoms with van der Waals surface area (Å²) in [4.78, 5) is 88.6. The number of para-hydroxylation sites is 1. The fourth-order valence-electron chi connectivity index (χ4n) is 9.72. The maximum Gasteiger partial charge on any atom is 0.246 e. The number of aryl methyl sites for hydroxylation is 3. The van der Waals surface area contributed by atoms with E-state index in [2.05, 4.69) is 20.9 Å². The summed E-state index contributed by atoms with van der Waals surface area (Å²) in [6.07, 6.45) is 3.16. The third kappa shape index (κ3) is 13.4. The molecule has 4 aromatic rings. The van der Waals surface area contributed by atoms with Gasteiger partial charge in [0.2, 0.25) is 35.4 Å². The summed E-state index contributed by atoms with van der Waals surface area (Å²) in [6, 6.07) is 13.6. The predicted molar refractivity (Wildman–Crippen MR) is 276 cm³/mol. The molecule has 19 heteroatoms. The van der Waals surface area contributed by atoms with E-state index in [0.29, 0.717) is 44.9 Å². The smallest absolute Gasteiger partial charge is 0.246 e. The number of rotatable bonds is 20. The molecule has 0 bridgehead atoms. The Morgan fingerprint density at radius 1 is 0.958 bits per heavy atom. The summed E-state index contributed by atoms with van der Waals surface area (Å²) in [5.74, 6) is -3.12. The average molecular weight is 1030 g/mol. The number of halogens is 2. The van der Waals surface area contributed by atoms with Gasteiger partial charge in [0.25, 0.3) is 0 Å². The summed E-state index contributed by atoms with van der Waals surface area (Å²) < 4.78 is 21.1. The first-order valence-electron chi connectivity index (χ1n) is 24.6. The Balaban J connectivity index is 0.00000847. The number of ether oxygens (including phenoxy) is 1. The Hall–Kier alpha value is -5.95. The lowest BCUT2D eigenvalue weighted by Crippen LogP contribution is -2.57. The lowest BCUT2D eigenvalue weighted by atomic mass is 9.85. The van der Waals surface area contributed by atoms with Gasteiger partial charge in [-0.2, -0.15) is 0 Å². The van der Waals surface area contributed by atoms with Crippen LogP contribution in [0.5, 0.6) is 5.75 Å². The van der Waals surface area contributed by atoms with Crippen molar-refractivity contribution in [3.8, 4) is 16.2 Å². The molecule has 72 heavy (non-hydrogen) atoms. The number of nitrogens with one attached hydrogen (secondary N) is 3. The molecule has 6 amide bonds. The lowest BCUT2D eigenvalue weighted by Gasteiger charge is -2.35. The molecule has 388 valence electrons. The van der Waals surface area contributed by atoms with E-state index in [4.69, 9.17) is 16.2 Å². The van der Waals surface area contributed by atoms with Crippen molar-refractivity contribution in [2.45, 2.75) is 148 Å². The van der Waals surface area contributed by atoms with Crippen molar-refractivity contribution >= 4 is 64.9 Å². The van der Waals surface area contributed by atoms with E-state index in [1.54, 1.807) is 29.0 Å². The Morgan fingerprint density at radius 2 is 1.68 bits per heavy atom. The Bertz CT molecular complexity index is 2610. The minimum absolute atomic E-state index is 0. The molecule has 3 aromatic carbocycles. The lowest BCUT2D eigenvalue weighted by molar-refractivity contribution is -0.144. The van der Waals surface area contributed by atoms with Crippen LogP contribution in [0.25, 0.3) is 10.4 Å². The van der Waals surface area contributed by atoms with Crippen molar-refractivity contribution < 1.29 is 43.0 Å². The molecule has 8 N–H and O–H groups in total. The number of amides is 6. The monoisotopic (exact) mass is 1030 g/mol. The molecule has 7 rings (SSSR count). The zero-order chi connectivity index (χ0) is 51.1. The van der Waals surface area contributed by atoms with Crippen LogP contribution in [-0.2, 0) is 48.0 Å². The zero-order valence-electron chi connectivity index (χ0n) is 41.6. The Morgan fingerprint density at radius 3 is 2.38 bits per heavy atom. The molecule has 4 heterocycles. The molecule has 16 nitrogen and oxygen atoms in total. The van der Waals surface area contributed by atoms with Crippen LogP contribution in [0.15, 0.2) is 66.2 Å². The summed E-state index contributed by atoms with van der Waals surface area (Å²) in [5.41, 5.74) is 19.0. The summed E-state index contributed by atoms with van der Waals surface area (Å²) in [7, 11) is 0.